The smallest absolute Gasteiger partial charge is 0.342 e. The first-order valence-corrected chi connectivity index (χ1v) is 5.47. The molecule has 1 fully saturated rings. The number of carbonyl (C=O) groups excluding carboxylic acids is 1. The number of methoxy groups -OCH3 is 1. The van der Waals surface area contributed by atoms with Crippen LogP contribution in [0.1, 0.15) is 12.0 Å². The van der Waals surface area contributed by atoms with Crippen LogP contribution in [0.25, 0.3) is 0 Å². The fourth-order valence-electron chi connectivity index (χ4n) is 1.70. The zero-order valence-corrected chi connectivity index (χ0v) is 9.91. The van der Waals surface area contributed by atoms with Crippen LogP contribution < -0.4 is 0 Å². The van der Waals surface area contributed by atoms with Gasteiger partial charge in [-0.2, -0.15) is 0 Å². The normalized spacial score (nSPS) is 24.4. The summed E-state index contributed by atoms with van der Waals surface area (Å²) in [7, 11) is 1.38. The topological polar surface area (TPSA) is 35.5 Å². The van der Waals surface area contributed by atoms with Crippen molar-refractivity contribution >= 4 is 21.9 Å². The van der Waals surface area contributed by atoms with Gasteiger partial charge in [-0.05, 0) is 17.7 Å². The number of hydrogen-bond donors (Lipinski definition) is 0. The Labute approximate surface area is 96.5 Å². The number of rotatable bonds is 2. The van der Waals surface area contributed by atoms with E-state index < -0.39 is 5.60 Å². The van der Waals surface area contributed by atoms with Crippen molar-refractivity contribution in [2.75, 3.05) is 13.7 Å². The van der Waals surface area contributed by atoms with Crippen LogP contribution in [0.3, 0.4) is 0 Å². The molecule has 2 rings (SSSR count). The van der Waals surface area contributed by atoms with Gasteiger partial charge in [-0.25, -0.2) is 4.79 Å². The summed E-state index contributed by atoms with van der Waals surface area (Å²) in [6.07, 6.45) is 0.682. The Balaban J connectivity index is 2.34. The summed E-state index contributed by atoms with van der Waals surface area (Å²) in [5.74, 6) is -0.323. The summed E-state index contributed by atoms with van der Waals surface area (Å²) in [4.78, 5) is 11.6. The van der Waals surface area contributed by atoms with Crippen molar-refractivity contribution in [1.82, 2.24) is 0 Å². The molecule has 1 saturated heterocycles. The molecule has 0 amide bonds. The van der Waals surface area contributed by atoms with Crippen LogP contribution in [-0.2, 0) is 19.9 Å². The molecule has 3 nitrogen and oxygen atoms in total. The lowest BCUT2D eigenvalue weighted by atomic mass is 9.86. The van der Waals surface area contributed by atoms with E-state index in [1.54, 1.807) is 0 Å². The molecule has 1 aromatic carbocycles. The van der Waals surface area contributed by atoms with Crippen LogP contribution >= 0.6 is 15.9 Å². The SMILES string of the molecule is COC(=O)C1(c2ccc(Br)cc2)CCO1. The standard InChI is InChI=1S/C11H11BrO3/c1-14-10(13)11(6-7-15-11)8-2-4-9(12)5-3-8/h2-5H,6-7H2,1H3. The van der Waals surface area contributed by atoms with Gasteiger partial charge in [0.15, 0.2) is 5.60 Å². The van der Waals surface area contributed by atoms with Gasteiger partial charge in [0.2, 0.25) is 0 Å². The van der Waals surface area contributed by atoms with Crippen LogP contribution in [0.2, 0.25) is 0 Å². The lowest BCUT2D eigenvalue weighted by Gasteiger charge is -2.39. The predicted octanol–water partition coefficient (Wildman–Crippen LogP) is 2.24. The number of benzene rings is 1. The van der Waals surface area contributed by atoms with Gasteiger partial charge in [0, 0.05) is 10.9 Å². The van der Waals surface area contributed by atoms with Crippen molar-refractivity contribution in [3.63, 3.8) is 0 Å². The van der Waals surface area contributed by atoms with Gasteiger partial charge >= 0.3 is 5.97 Å². The molecule has 0 radical (unpaired) electrons. The van der Waals surface area contributed by atoms with Crippen molar-refractivity contribution in [1.29, 1.82) is 0 Å². The van der Waals surface area contributed by atoms with Gasteiger partial charge in [0.1, 0.15) is 0 Å². The number of halogens is 1. The van der Waals surface area contributed by atoms with E-state index >= 15 is 0 Å². The van der Waals surface area contributed by atoms with E-state index in [1.807, 2.05) is 24.3 Å². The highest BCUT2D eigenvalue weighted by molar-refractivity contribution is 9.10. The zero-order chi connectivity index (χ0) is 10.9. The monoisotopic (exact) mass is 270 g/mol. The summed E-state index contributed by atoms with van der Waals surface area (Å²) in [6, 6.07) is 7.53. The summed E-state index contributed by atoms with van der Waals surface area (Å²) in [5, 5.41) is 0. The Morgan fingerprint density at radius 1 is 1.47 bits per heavy atom. The van der Waals surface area contributed by atoms with Crippen LogP contribution in [0.4, 0.5) is 0 Å². The van der Waals surface area contributed by atoms with Gasteiger partial charge in [-0.1, -0.05) is 28.1 Å². The number of ether oxygens (including phenoxy) is 2. The second kappa shape index (κ2) is 3.94. The van der Waals surface area contributed by atoms with E-state index in [4.69, 9.17) is 9.47 Å². The van der Waals surface area contributed by atoms with Crippen LogP contribution in [0.5, 0.6) is 0 Å². The maximum atomic E-state index is 11.6. The van der Waals surface area contributed by atoms with Crippen molar-refractivity contribution in [3.05, 3.63) is 34.3 Å². The summed E-state index contributed by atoms with van der Waals surface area (Å²) < 4.78 is 11.2. The molecule has 1 heterocycles. The lowest BCUT2D eigenvalue weighted by molar-refractivity contribution is -0.201. The Hall–Kier alpha value is -0.870. The largest absolute Gasteiger partial charge is 0.467 e. The Morgan fingerprint density at radius 2 is 2.07 bits per heavy atom. The molecule has 0 aliphatic carbocycles. The van der Waals surface area contributed by atoms with Crippen LogP contribution in [-0.4, -0.2) is 19.7 Å². The molecule has 0 spiro atoms. The van der Waals surface area contributed by atoms with E-state index in [-0.39, 0.29) is 5.97 Å². The van der Waals surface area contributed by atoms with Gasteiger partial charge in [0.25, 0.3) is 0 Å². The molecule has 0 N–H and O–H groups in total. The molecule has 0 aromatic heterocycles. The minimum atomic E-state index is -0.866. The lowest BCUT2D eigenvalue weighted by Crippen LogP contribution is -2.48. The van der Waals surface area contributed by atoms with Gasteiger partial charge in [0.05, 0.1) is 13.7 Å². The second-order valence-corrected chi connectivity index (χ2v) is 4.34. The van der Waals surface area contributed by atoms with Crippen molar-refractivity contribution in [3.8, 4) is 0 Å². The summed E-state index contributed by atoms with van der Waals surface area (Å²) >= 11 is 3.35. The zero-order valence-electron chi connectivity index (χ0n) is 8.33. The second-order valence-electron chi connectivity index (χ2n) is 3.42. The highest BCUT2D eigenvalue weighted by atomic mass is 79.9. The maximum absolute atomic E-state index is 11.6. The van der Waals surface area contributed by atoms with E-state index in [9.17, 15) is 4.79 Å². The number of hydrogen-bond acceptors (Lipinski definition) is 3. The molecule has 80 valence electrons. The fraction of sp³-hybridized carbons (Fsp3) is 0.364. The molecule has 0 saturated carbocycles. The average molecular weight is 271 g/mol. The molecule has 1 aliphatic rings. The third-order valence-electron chi connectivity index (χ3n) is 2.63. The molecule has 4 heteroatoms. The van der Waals surface area contributed by atoms with Gasteiger partial charge in [-0.3, -0.25) is 0 Å². The highest BCUT2D eigenvalue weighted by Crippen LogP contribution is 2.38. The third-order valence-corrected chi connectivity index (χ3v) is 3.16. The molecule has 1 aromatic rings. The number of esters is 1. The Kier molecular flexibility index (Phi) is 2.80. The highest BCUT2D eigenvalue weighted by Gasteiger charge is 2.48. The molecular weight excluding hydrogens is 260 g/mol. The van der Waals surface area contributed by atoms with E-state index in [2.05, 4.69) is 15.9 Å². The molecule has 1 unspecified atom stereocenters. The van der Waals surface area contributed by atoms with Crippen LogP contribution in [0, 0.1) is 0 Å². The van der Waals surface area contributed by atoms with Crippen LogP contribution in [0.15, 0.2) is 28.7 Å². The maximum Gasteiger partial charge on any atom is 0.342 e. The van der Waals surface area contributed by atoms with Crippen molar-refractivity contribution in [2.24, 2.45) is 0 Å². The molecule has 1 aliphatic heterocycles. The quantitative estimate of drug-likeness (QED) is 0.774. The molecule has 15 heavy (non-hydrogen) atoms. The average Bonchev–Trinajstić information content (AvgIpc) is 2.19. The fourth-order valence-corrected chi connectivity index (χ4v) is 1.96. The third kappa shape index (κ3) is 1.68. The molecular formula is C11H11BrO3. The Morgan fingerprint density at radius 3 is 2.47 bits per heavy atom. The number of carbonyl (C=O) groups is 1. The van der Waals surface area contributed by atoms with Crippen molar-refractivity contribution < 1.29 is 14.3 Å². The van der Waals surface area contributed by atoms with E-state index in [0.29, 0.717) is 13.0 Å². The van der Waals surface area contributed by atoms with E-state index in [0.717, 1.165) is 10.0 Å². The van der Waals surface area contributed by atoms with E-state index in [1.165, 1.54) is 7.11 Å². The summed E-state index contributed by atoms with van der Waals surface area (Å²) in [5.41, 5.74) is -0.0149. The van der Waals surface area contributed by atoms with Gasteiger partial charge < -0.3 is 9.47 Å². The molecule has 1 atom stereocenters. The predicted molar refractivity (Wildman–Crippen MR) is 58.4 cm³/mol. The minimum Gasteiger partial charge on any atom is -0.467 e. The first-order chi connectivity index (χ1) is 7.19. The Bertz CT molecular complexity index is 368. The first kappa shape index (κ1) is 10.6. The van der Waals surface area contributed by atoms with Crippen molar-refractivity contribution in [2.45, 2.75) is 12.0 Å². The first-order valence-electron chi connectivity index (χ1n) is 4.67. The minimum absolute atomic E-state index is 0.323. The van der Waals surface area contributed by atoms with Gasteiger partial charge in [-0.15, -0.1) is 0 Å². The molecule has 0 bridgehead atoms. The summed E-state index contributed by atoms with van der Waals surface area (Å²) in [6.45, 7) is 0.602.